The van der Waals surface area contributed by atoms with Gasteiger partial charge in [-0.05, 0) is 25.0 Å². The molecule has 26 heavy (non-hydrogen) atoms. The number of anilines is 1. The molecule has 3 aliphatic rings. The van der Waals surface area contributed by atoms with Gasteiger partial charge in [0.1, 0.15) is 5.75 Å². The number of fused-ring (bicyclic) bond motifs is 3. The van der Waals surface area contributed by atoms with E-state index in [1.165, 1.54) is 17.7 Å². The summed E-state index contributed by atoms with van der Waals surface area (Å²) in [5.74, 6) is 0.589. The minimum atomic E-state index is -0.279. The lowest BCUT2D eigenvalue weighted by atomic mass is 10.2. The van der Waals surface area contributed by atoms with E-state index in [4.69, 9.17) is 9.72 Å². The standard InChI is InChI=1S/C19H22N4O2S/c24-19(25-15-4-2-1-3-5-15)22-9-8-16-17(12-22)26-18(21-16)23-13-6-7-14(23)11-20-10-13/h1-5,13-14,20H,6-12H2. The van der Waals surface area contributed by atoms with Crippen molar-refractivity contribution in [2.45, 2.75) is 37.9 Å². The highest BCUT2D eigenvalue weighted by Crippen LogP contribution is 2.38. The van der Waals surface area contributed by atoms with E-state index in [9.17, 15) is 4.79 Å². The number of aromatic nitrogens is 1. The number of ether oxygens (including phenoxy) is 1. The van der Waals surface area contributed by atoms with Crippen molar-refractivity contribution in [3.63, 3.8) is 0 Å². The van der Waals surface area contributed by atoms with Gasteiger partial charge in [-0.2, -0.15) is 0 Å². The predicted molar refractivity (Wildman–Crippen MR) is 101 cm³/mol. The van der Waals surface area contributed by atoms with E-state index in [0.717, 1.165) is 30.3 Å². The van der Waals surface area contributed by atoms with Crippen molar-refractivity contribution in [2.24, 2.45) is 0 Å². The van der Waals surface area contributed by atoms with Crippen molar-refractivity contribution in [1.82, 2.24) is 15.2 Å². The third kappa shape index (κ3) is 2.85. The van der Waals surface area contributed by atoms with Crippen LogP contribution in [0.5, 0.6) is 5.75 Å². The van der Waals surface area contributed by atoms with Gasteiger partial charge in [0.15, 0.2) is 5.13 Å². The van der Waals surface area contributed by atoms with E-state index >= 15 is 0 Å². The van der Waals surface area contributed by atoms with Crippen LogP contribution >= 0.6 is 11.3 Å². The Balaban J connectivity index is 1.31. The second-order valence-electron chi connectivity index (χ2n) is 7.17. The summed E-state index contributed by atoms with van der Waals surface area (Å²) in [6.07, 6.45) is 3.02. The zero-order valence-electron chi connectivity index (χ0n) is 14.6. The van der Waals surface area contributed by atoms with Crippen LogP contribution in [0, 0.1) is 0 Å². The third-order valence-electron chi connectivity index (χ3n) is 5.53. The summed E-state index contributed by atoms with van der Waals surface area (Å²) in [6, 6.07) is 10.4. The molecule has 0 aliphatic carbocycles. The molecule has 0 radical (unpaired) electrons. The number of hydrogen-bond acceptors (Lipinski definition) is 6. The van der Waals surface area contributed by atoms with Crippen LogP contribution < -0.4 is 15.0 Å². The molecule has 2 bridgehead atoms. The van der Waals surface area contributed by atoms with Gasteiger partial charge in [0.2, 0.25) is 0 Å². The Hall–Kier alpha value is -2.12. The van der Waals surface area contributed by atoms with Gasteiger partial charge in [-0.1, -0.05) is 29.5 Å². The van der Waals surface area contributed by atoms with E-state index in [2.05, 4.69) is 10.2 Å². The van der Waals surface area contributed by atoms with Gasteiger partial charge in [0, 0.05) is 43.0 Å². The van der Waals surface area contributed by atoms with Crippen LogP contribution in [0.4, 0.5) is 9.93 Å². The fraction of sp³-hybridized carbons (Fsp3) is 0.474. The molecule has 2 unspecified atom stereocenters. The largest absolute Gasteiger partial charge is 0.415 e. The monoisotopic (exact) mass is 370 g/mol. The average Bonchev–Trinajstić information content (AvgIpc) is 3.19. The first-order chi connectivity index (χ1) is 12.8. The lowest BCUT2D eigenvalue weighted by Gasteiger charge is -2.35. The summed E-state index contributed by atoms with van der Waals surface area (Å²) in [4.78, 5) is 22.9. The molecule has 5 rings (SSSR count). The van der Waals surface area contributed by atoms with Crippen LogP contribution in [0.2, 0.25) is 0 Å². The molecule has 2 atom stereocenters. The summed E-state index contributed by atoms with van der Waals surface area (Å²) in [7, 11) is 0. The zero-order chi connectivity index (χ0) is 17.5. The molecule has 0 saturated carbocycles. The number of amides is 1. The number of rotatable bonds is 2. The third-order valence-corrected chi connectivity index (χ3v) is 6.62. The number of piperazine rings is 1. The maximum absolute atomic E-state index is 12.5. The Labute approximate surface area is 156 Å². The maximum atomic E-state index is 12.5. The molecule has 3 aliphatic heterocycles. The Bertz CT molecular complexity index is 793. The summed E-state index contributed by atoms with van der Waals surface area (Å²) in [5.41, 5.74) is 1.16. The first-order valence-corrected chi connectivity index (χ1v) is 10.1. The molecule has 1 aromatic carbocycles. The van der Waals surface area contributed by atoms with Gasteiger partial charge < -0.3 is 19.9 Å². The number of nitrogens with one attached hydrogen (secondary N) is 1. The van der Waals surface area contributed by atoms with Gasteiger partial charge in [-0.25, -0.2) is 9.78 Å². The molecule has 2 aromatic rings. The second kappa shape index (κ2) is 6.55. The number of para-hydroxylation sites is 1. The second-order valence-corrected chi connectivity index (χ2v) is 8.23. The van der Waals surface area contributed by atoms with Gasteiger partial charge in [-0.3, -0.25) is 0 Å². The average molecular weight is 370 g/mol. The van der Waals surface area contributed by atoms with E-state index in [1.807, 2.05) is 18.2 Å². The highest BCUT2D eigenvalue weighted by atomic mass is 32.1. The van der Waals surface area contributed by atoms with E-state index in [-0.39, 0.29) is 6.09 Å². The van der Waals surface area contributed by atoms with Crippen LogP contribution in [0.15, 0.2) is 30.3 Å². The van der Waals surface area contributed by atoms with Crippen molar-refractivity contribution >= 4 is 22.6 Å². The van der Waals surface area contributed by atoms with Gasteiger partial charge in [0.05, 0.1) is 12.2 Å². The molecule has 0 spiro atoms. The SMILES string of the molecule is O=C(Oc1ccccc1)N1CCc2nc(N3C4CCC3CNC4)sc2C1. The Morgan fingerprint density at radius 1 is 1.19 bits per heavy atom. The van der Waals surface area contributed by atoms with Crippen LogP contribution in [0.3, 0.4) is 0 Å². The molecule has 7 heteroatoms. The molecule has 4 heterocycles. The fourth-order valence-electron chi connectivity index (χ4n) is 4.19. The Kier molecular flexibility index (Phi) is 4.05. The van der Waals surface area contributed by atoms with E-state index < -0.39 is 0 Å². The zero-order valence-corrected chi connectivity index (χ0v) is 15.4. The smallest absolute Gasteiger partial charge is 0.410 e. The molecule has 1 N–H and O–H groups in total. The van der Waals surface area contributed by atoms with Crippen LogP contribution in [0.25, 0.3) is 0 Å². The molecule has 1 amide bonds. The quantitative estimate of drug-likeness (QED) is 0.881. The van der Waals surface area contributed by atoms with Crippen molar-refractivity contribution in [3.05, 3.63) is 40.9 Å². The minimum Gasteiger partial charge on any atom is -0.410 e. The summed E-state index contributed by atoms with van der Waals surface area (Å²) in [6.45, 7) is 3.36. The van der Waals surface area contributed by atoms with Gasteiger partial charge >= 0.3 is 6.09 Å². The van der Waals surface area contributed by atoms with Gasteiger partial charge in [-0.15, -0.1) is 0 Å². The first kappa shape index (κ1) is 16.1. The summed E-state index contributed by atoms with van der Waals surface area (Å²) < 4.78 is 5.49. The van der Waals surface area contributed by atoms with E-state index in [1.54, 1.807) is 28.4 Å². The van der Waals surface area contributed by atoms with Crippen LogP contribution in [-0.4, -0.2) is 47.7 Å². The Morgan fingerprint density at radius 3 is 2.73 bits per heavy atom. The van der Waals surface area contributed by atoms with Crippen LogP contribution in [0.1, 0.15) is 23.4 Å². The highest BCUT2D eigenvalue weighted by Gasteiger charge is 2.39. The molecule has 6 nitrogen and oxygen atoms in total. The van der Waals surface area contributed by atoms with E-state index in [0.29, 0.717) is 30.9 Å². The molecule has 1 aromatic heterocycles. The highest BCUT2D eigenvalue weighted by molar-refractivity contribution is 7.15. The molecular formula is C19H22N4O2S. The molecule has 136 valence electrons. The topological polar surface area (TPSA) is 57.7 Å². The number of carbonyl (C=O) groups excluding carboxylic acids is 1. The number of benzene rings is 1. The van der Waals surface area contributed by atoms with Crippen molar-refractivity contribution in [3.8, 4) is 5.75 Å². The number of carbonyl (C=O) groups is 1. The Morgan fingerprint density at radius 2 is 1.96 bits per heavy atom. The van der Waals surface area contributed by atoms with Crippen molar-refractivity contribution < 1.29 is 9.53 Å². The predicted octanol–water partition coefficient (Wildman–Crippen LogP) is 2.64. The van der Waals surface area contributed by atoms with Gasteiger partial charge in [0.25, 0.3) is 0 Å². The maximum Gasteiger partial charge on any atom is 0.415 e. The molecular weight excluding hydrogens is 348 g/mol. The summed E-state index contributed by atoms with van der Waals surface area (Å²) in [5, 5.41) is 4.66. The number of nitrogens with zero attached hydrogens (tertiary/aromatic N) is 3. The number of thiazole rings is 1. The normalized spacial score (nSPS) is 24.5. The number of hydrogen-bond donors (Lipinski definition) is 1. The fourth-order valence-corrected chi connectivity index (χ4v) is 5.46. The molecule has 2 saturated heterocycles. The lowest BCUT2D eigenvalue weighted by molar-refractivity contribution is 0.147. The van der Waals surface area contributed by atoms with Crippen molar-refractivity contribution in [1.29, 1.82) is 0 Å². The van der Waals surface area contributed by atoms with Crippen LogP contribution in [-0.2, 0) is 13.0 Å². The lowest BCUT2D eigenvalue weighted by Crippen LogP contribution is -2.51. The van der Waals surface area contributed by atoms with Crippen molar-refractivity contribution in [2.75, 3.05) is 24.5 Å². The minimum absolute atomic E-state index is 0.279. The first-order valence-electron chi connectivity index (χ1n) is 9.27. The molecule has 2 fully saturated rings. The summed E-state index contributed by atoms with van der Waals surface area (Å²) >= 11 is 1.75.